The van der Waals surface area contributed by atoms with E-state index >= 15 is 0 Å². The number of nitro groups is 1. The van der Waals surface area contributed by atoms with Gasteiger partial charge in [0.25, 0.3) is 5.69 Å². The van der Waals surface area contributed by atoms with Gasteiger partial charge in [0, 0.05) is 17.7 Å². The zero-order chi connectivity index (χ0) is 17.3. The maximum absolute atomic E-state index is 12.5. The molecule has 3 rings (SSSR count). The van der Waals surface area contributed by atoms with Crippen molar-refractivity contribution in [1.29, 1.82) is 5.41 Å². The van der Waals surface area contributed by atoms with E-state index in [9.17, 15) is 14.9 Å². The van der Waals surface area contributed by atoms with Crippen LogP contribution in [-0.2, 0) is 0 Å². The van der Waals surface area contributed by atoms with Crippen molar-refractivity contribution in [2.24, 2.45) is 0 Å². The van der Waals surface area contributed by atoms with Crippen LogP contribution in [-0.4, -0.2) is 20.5 Å². The molecule has 1 N–H and O–H groups in total. The second kappa shape index (κ2) is 6.17. The Balaban J connectivity index is 2.00. The molecule has 7 nitrogen and oxygen atoms in total. The Bertz CT molecular complexity index is 989. The Hall–Kier alpha value is -3.13. The third-order valence-corrected chi connectivity index (χ3v) is 4.20. The number of nitro benzene ring substituents is 1. The molecule has 1 heterocycles. The summed E-state index contributed by atoms with van der Waals surface area (Å²) in [4.78, 5) is 22.8. The van der Waals surface area contributed by atoms with Crippen LogP contribution in [0.5, 0.6) is 0 Å². The maximum atomic E-state index is 12.5. The van der Waals surface area contributed by atoms with Crippen LogP contribution in [0.15, 0.2) is 48.5 Å². The van der Waals surface area contributed by atoms with Crippen molar-refractivity contribution in [3.8, 4) is 5.69 Å². The second-order valence-electron chi connectivity index (χ2n) is 5.10. The molecule has 0 saturated heterocycles. The van der Waals surface area contributed by atoms with Crippen LogP contribution in [0.2, 0.25) is 0 Å². The van der Waals surface area contributed by atoms with E-state index in [1.54, 1.807) is 18.2 Å². The molecule has 0 bridgehead atoms. The van der Waals surface area contributed by atoms with E-state index in [1.807, 2.05) is 19.1 Å². The van der Waals surface area contributed by atoms with Gasteiger partial charge in [-0.1, -0.05) is 47.2 Å². The number of hydrogen-bond acceptors (Lipinski definition) is 6. The highest BCUT2D eigenvalue weighted by atomic mass is 32.1. The molecule has 0 fully saturated rings. The number of ketones is 1. The first-order chi connectivity index (χ1) is 11.5. The van der Waals surface area contributed by atoms with Crippen LogP contribution in [0.4, 0.5) is 5.69 Å². The number of carbonyl (C=O) groups excluding carboxylic acids is 1. The van der Waals surface area contributed by atoms with Crippen molar-refractivity contribution >= 4 is 22.8 Å². The standard InChI is InChI=1S/C16H12N4O3S/c1-10-5-7-11(8-6-10)14(21)15-18-19(16(17)24-15)12-3-2-4-13(9-12)20(22)23/h2-9,17H,1H3. The normalized spacial score (nSPS) is 10.5. The van der Waals surface area contributed by atoms with Gasteiger partial charge in [-0.05, 0) is 13.0 Å². The van der Waals surface area contributed by atoms with Gasteiger partial charge in [-0.3, -0.25) is 20.3 Å². The van der Waals surface area contributed by atoms with Gasteiger partial charge in [0.2, 0.25) is 10.6 Å². The highest BCUT2D eigenvalue weighted by Gasteiger charge is 2.16. The van der Waals surface area contributed by atoms with Gasteiger partial charge in [-0.2, -0.15) is 5.10 Å². The van der Waals surface area contributed by atoms with Crippen LogP contribution in [0.1, 0.15) is 20.9 Å². The average molecular weight is 340 g/mol. The number of nitrogens with one attached hydrogen (secondary N) is 1. The van der Waals surface area contributed by atoms with Crippen LogP contribution in [0, 0.1) is 22.4 Å². The molecule has 2 aromatic carbocycles. The molecule has 0 spiro atoms. The molecule has 120 valence electrons. The molecule has 0 aliphatic heterocycles. The molecular weight excluding hydrogens is 328 g/mol. The van der Waals surface area contributed by atoms with Gasteiger partial charge < -0.3 is 0 Å². The zero-order valence-electron chi connectivity index (χ0n) is 12.6. The first-order valence-corrected chi connectivity index (χ1v) is 7.78. The molecule has 0 atom stereocenters. The van der Waals surface area contributed by atoms with Gasteiger partial charge in [0.1, 0.15) is 0 Å². The van der Waals surface area contributed by atoms with Crippen LogP contribution < -0.4 is 4.80 Å². The summed E-state index contributed by atoms with van der Waals surface area (Å²) < 4.78 is 1.22. The molecule has 0 amide bonds. The number of rotatable bonds is 4. The molecule has 0 unspecified atom stereocenters. The Morgan fingerprint density at radius 3 is 2.62 bits per heavy atom. The minimum atomic E-state index is -0.515. The topological polar surface area (TPSA) is 102 Å². The quantitative estimate of drug-likeness (QED) is 0.448. The monoisotopic (exact) mass is 340 g/mol. The maximum Gasteiger partial charge on any atom is 0.271 e. The lowest BCUT2D eigenvalue weighted by molar-refractivity contribution is -0.384. The van der Waals surface area contributed by atoms with Gasteiger partial charge in [0.05, 0.1) is 10.6 Å². The Morgan fingerprint density at radius 1 is 1.25 bits per heavy atom. The van der Waals surface area contributed by atoms with E-state index < -0.39 is 4.92 Å². The highest BCUT2D eigenvalue weighted by molar-refractivity contribution is 7.11. The number of non-ortho nitro benzene ring substituents is 1. The Labute approximate surface area is 140 Å². The van der Waals surface area contributed by atoms with Gasteiger partial charge in [-0.15, -0.1) is 0 Å². The van der Waals surface area contributed by atoms with E-state index in [-0.39, 0.29) is 21.3 Å². The molecule has 0 saturated carbocycles. The molecule has 0 aliphatic carbocycles. The van der Waals surface area contributed by atoms with E-state index in [2.05, 4.69) is 5.10 Å². The molecule has 0 aliphatic rings. The van der Waals surface area contributed by atoms with Crippen LogP contribution >= 0.6 is 11.3 Å². The Morgan fingerprint density at radius 2 is 1.96 bits per heavy atom. The third kappa shape index (κ3) is 2.99. The SMILES string of the molecule is Cc1ccc(C(=O)c2nn(-c3cccc([N+](=O)[O-])c3)c(=N)s2)cc1. The predicted octanol–water partition coefficient (Wildman–Crippen LogP) is 2.86. The summed E-state index contributed by atoms with van der Waals surface area (Å²) in [5.74, 6) is -0.280. The number of benzene rings is 2. The number of hydrogen-bond donors (Lipinski definition) is 1. The molecule has 3 aromatic rings. The van der Waals surface area contributed by atoms with Crippen molar-refractivity contribution in [2.75, 3.05) is 0 Å². The van der Waals surface area contributed by atoms with Gasteiger partial charge >= 0.3 is 0 Å². The van der Waals surface area contributed by atoms with Crippen molar-refractivity contribution in [1.82, 2.24) is 9.78 Å². The summed E-state index contributed by atoms with van der Waals surface area (Å²) in [6.07, 6.45) is 0. The minimum Gasteiger partial charge on any atom is -0.286 e. The third-order valence-electron chi connectivity index (χ3n) is 3.37. The summed E-state index contributed by atoms with van der Waals surface area (Å²) in [5.41, 5.74) is 1.80. The van der Waals surface area contributed by atoms with Crippen LogP contribution in [0.3, 0.4) is 0 Å². The van der Waals surface area contributed by atoms with E-state index in [1.165, 1.54) is 22.9 Å². The Kier molecular flexibility index (Phi) is 4.05. The summed E-state index contributed by atoms with van der Waals surface area (Å²) in [6.45, 7) is 1.93. The summed E-state index contributed by atoms with van der Waals surface area (Å²) in [6, 6.07) is 12.9. The molecule has 24 heavy (non-hydrogen) atoms. The zero-order valence-corrected chi connectivity index (χ0v) is 13.4. The fourth-order valence-corrected chi connectivity index (χ4v) is 2.87. The number of carbonyl (C=O) groups is 1. The minimum absolute atomic E-state index is 0.0194. The summed E-state index contributed by atoms with van der Waals surface area (Å²) in [7, 11) is 0. The fraction of sp³-hybridized carbons (Fsp3) is 0.0625. The average Bonchev–Trinajstić information content (AvgIpc) is 2.97. The van der Waals surface area contributed by atoms with Crippen molar-refractivity contribution in [3.05, 3.63) is 79.6 Å². The predicted molar refractivity (Wildman–Crippen MR) is 88.6 cm³/mol. The van der Waals surface area contributed by atoms with Crippen molar-refractivity contribution in [2.45, 2.75) is 6.92 Å². The smallest absolute Gasteiger partial charge is 0.271 e. The summed E-state index contributed by atoms with van der Waals surface area (Å²) >= 11 is 0.930. The molecular formula is C16H12N4O3S. The summed E-state index contributed by atoms with van der Waals surface area (Å²) in [5, 5.41) is 23.2. The van der Waals surface area contributed by atoms with Crippen molar-refractivity contribution < 1.29 is 9.72 Å². The van der Waals surface area contributed by atoms with Crippen molar-refractivity contribution in [3.63, 3.8) is 0 Å². The first-order valence-electron chi connectivity index (χ1n) is 6.96. The van der Waals surface area contributed by atoms with Gasteiger partial charge in [0.15, 0.2) is 5.01 Å². The second-order valence-corrected chi connectivity index (χ2v) is 6.07. The number of aromatic nitrogens is 2. The number of aryl methyl sites for hydroxylation is 1. The van der Waals surface area contributed by atoms with Crippen LogP contribution in [0.25, 0.3) is 5.69 Å². The molecule has 1 aromatic heterocycles. The fourth-order valence-electron chi connectivity index (χ4n) is 2.12. The number of nitrogens with zero attached hydrogens (tertiary/aromatic N) is 3. The lowest BCUT2D eigenvalue weighted by atomic mass is 10.1. The lowest BCUT2D eigenvalue weighted by Crippen LogP contribution is -2.13. The van der Waals surface area contributed by atoms with E-state index in [4.69, 9.17) is 5.41 Å². The largest absolute Gasteiger partial charge is 0.286 e. The molecule has 8 heteroatoms. The lowest BCUT2D eigenvalue weighted by Gasteiger charge is -2.00. The first kappa shape index (κ1) is 15.8. The van der Waals surface area contributed by atoms with E-state index in [0.717, 1.165) is 16.9 Å². The van der Waals surface area contributed by atoms with Gasteiger partial charge in [-0.25, -0.2) is 4.68 Å². The highest BCUT2D eigenvalue weighted by Crippen LogP contribution is 2.17. The van der Waals surface area contributed by atoms with E-state index in [0.29, 0.717) is 11.3 Å². The molecule has 0 radical (unpaired) electrons.